The van der Waals surface area contributed by atoms with Gasteiger partial charge in [-0.1, -0.05) is 23.7 Å². The second-order valence-electron chi connectivity index (χ2n) is 4.57. The minimum Gasteiger partial charge on any atom is -0.479 e. The van der Waals surface area contributed by atoms with E-state index in [9.17, 15) is 4.79 Å². The largest absolute Gasteiger partial charge is 0.479 e. The highest BCUT2D eigenvalue weighted by atomic mass is 35.5. The van der Waals surface area contributed by atoms with Crippen molar-refractivity contribution in [1.29, 1.82) is 5.26 Å². The lowest BCUT2D eigenvalue weighted by atomic mass is 10.2. The Balaban J connectivity index is 1.98. The van der Waals surface area contributed by atoms with Crippen LogP contribution in [0.3, 0.4) is 0 Å². The Labute approximate surface area is 136 Å². The molecule has 0 bridgehead atoms. The molecule has 0 N–H and O–H groups in total. The van der Waals surface area contributed by atoms with E-state index in [1.165, 1.54) is 6.26 Å². The Morgan fingerprint density at radius 1 is 1.17 bits per heavy atom. The number of ether oxygens (including phenoxy) is 2. The van der Waals surface area contributed by atoms with Crippen molar-refractivity contribution in [2.75, 3.05) is 6.61 Å². The predicted molar refractivity (Wildman–Crippen MR) is 85.1 cm³/mol. The predicted octanol–water partition coefficient (Wildman–Crippen LogP) is 4.14. The molecule has 3 aromatic rings. The Hall–Kier alpha value is -2.97. The second kappa shape index (κ2) is 6.42. The fourth-order valence-electron chi connectivity index (χ4n) is 2.01. The maximum absolute atomic E-state index is 12.4. The van der Waals surface area contributed by atoms with Gasteiger partial charge in [0, 0.05) is 6.07 Å². The lowest BCUT2D eigenvalue weighted by molar-refractivity contribution is 0.367. The lowest BCUT2D eigenvalue weighted by Gasteiger charge is -2.07. The molecule has 114 valence electrons. The molecule has 2 aromatic carbocycles. The van der Waals surface area contributed by atoms with Crippen molar-refractivity contribution in [1.82, 2.24) is 0 Å². The van der Waals surface area contributed by atoms with Crippen molar-refractivity contribution in [3.8, 4) is 23.3 Å². The van der Waals surface area contributed by atoms with Gasteiger partial charge in [-0.3, -0.25) is 4.79 Å². The number of halogens is 1. The van der Waals surface area contributed by atoms with Gasteiger partial charge >= 0.3 is 0 Å². The van der Waals surface area contributed by atoms with E-state index < -0.39 is 0 Å². The Bertz CT molecular complexity index is 959. The highest BCUT2D eigenvalue weighted by Gasteiger charge is 2.11. The van der Waals surface area contributed by atoms with Gasteiger partial charge in [0.05, 0.1) is 10.4 Å². The molecule has 0 aliphatic carbocycles. The van der Waals surface area contributed by atoms with E-state index in [1.54, 1.807) is 42.5 Å². The number of fused-ring (bicyclic) bond motifs is 1. The summed E-state index contributed by atoms with van der Waals surface area (Å²) in [6.07, 6.45) is 1.22. The first-order chi connectivity index (χ1) is 11.2. The fourth-order valence-corrected chi connectivity index (χ4v) is 2.19. The molecular weight excluding hydrogens is 318 g/mol. The molecule has 0 atom stereocenters. The monoisotopic (exact) mass is 327 g/mol. The maximum atomic E-state index is 12.4. The van der Waals surface area contributed by atoms with Gasteiger partial charge in [-0.05, 0) is 24.3 Å². The van der Waals surface area contributed by atoms with Gasteiger partial charge in [0.2, 0.25) is 11.2 Å². The number of hydrogen-bond donors (Lipinski definition) is 0. The molecule has 23 heavy (non-hydrogen) atoms. The summed E-state index contributed by atoms with van der Waals surface area (Å²) < 4.78 is 16.1. The summed E-state index contributed by atoms with van der Waals surface area (Å²) in [7, 11) is 0. The van der Waals surface area contributed by atoms with Crippen molar-refractivity contribution in [3.63, 3.8) is 0 Å². The molecule has 0 unspecified atom stereocenters. The zero-order valence-corrected chi connectivity index (χ0v) is 12.5. The number of nitriles is 1. The van der Waals surface area contributed by atoms with E-state index in [2.05, 4.69) is 0 Å². The van der Waals surface area contributed by atoms with Crippen molar-refractivity contribution in [2.24, 2.45) is 0 Å². The summed E-state index contributed by atoms with van der Waals surface area (Å²) >= 11 is 6.01. The van der Waals surface area contributed by atoms with Crippen LogP contribution in [0, 0.1) is 11.3 Å². The van der Waals surface area contributed by atoms with Crippen LogP contribution < -0.4 is 14.9 Å². The van der Waals surface area contributed by atoms with Crippen LogP contribution in [0.1, 0.15) is 0 Å². The molecule has 3 rings (SSSR count). The Morgan fingerprint density at radius 2 is 2.00 bits per heavy atom. The Kier molecular flexibility index (Phi) is 4.18. The summed E-state index contributed by atoms with van der Waals surface area (Å²) in [5, 5.41) is 9.25. The summed E-state index contributed by atoms with van der Waals surface area (Å²) in [5.74, 6) is 0.855. The Morgan fingerprint density at radius 3 is 2.78 bits per heavy atom. The average Bonchev–Trinajstić information content (AvgIpc) is 2.57. The van der Waals surface area contributed by atoms with Crippen molar-refractivity contribution in [3.05, 3.63) is 64.0 Å². The van der Waals surface area contributed by atoms with E-state index in [1.807, 2.05) is 6.07 Å². The van der Waals surface area contributed by atoms with Crippen molar-refractivity contribution >= 4 is 22.6 Å². The smallest absolute Gasteiger partial charge is 0.235 e. The van der Waals surface area contributed by atoms with Crippen LogP contribution in [0.25, 0.3) is 11.0 Å². The van der Waals surface area contributed by atoms with E-state index in [-0.39, 0.29) is 17.8 Å². The van der Waals surface area contributed by atoms with Crippen molar-refractivity contribution < 1.29 is 13.9 Å². The molecule has 1 heterocycles. The molecule has 0 fully saturated rings. The quantitative estimate of drug-likeness (QED) is 0.720. The molecule has 6 heteroatoms. The van der Waals surface area contributed by atoms with Crippen LogP contribution in [0.15, 0.2) is 57.9 Å². The van der Waals surface area contributed by atoms with Crippen LogP contribution in [-0.4, -0.2) is 6.61 Å². The van der Waals surface area contributed by atoms with E-state index in [0.717, 1.165) is 0 Å². The molecule has 1 aromatic heterocycles. The third kappa shape index (κ3) is 3.12. The van der Waals surface area contributed by atoms with Gasteiger partial charge < -0.3 is 13.9 Å². The molecule has 0 radical (unpaired) electrons. The van der Waals surface area contributed by atoms with Gasteiger partial charge in [-0.25, -0.2) is 0 Å². The zero-order chi connectivity index (χ0) is 16.2. The topological polar surface area (TPSA) is 72.5 Å². The van der Waals surface area contributed by atoms with E-state index >= 15 is 0 Å². The van der Waals surface area contributed by atoms with Crippen LogP contribution in [0.2, 0.25) is 5.02 Å². The number of benzene rings is 2. The number of rotatable bonds is 4. The SMILES string of the molecule is N#CCOc1ccc2c(=O)c(Oc3ccccc3Cl)coc2c1. The normalized spacial score (nSPS) is 10.3. The summed E-state index contributed by atoms with van der Waals surface area (Å²) in [4.78, 5) is 12.4. The van der Waals surface area contributed by atoms with Gasteiger partial charge in [-0.15, -0.1) is 0 Å². The van der Waals surface area contributed by atoms with E-state index in [0.29, 0.717) is 27.5 Å². The minimum absolute atomic E-state index is 0.0382. The third-order valence-corrected chi connectivity index (χ3v) is 3.39. The van der Waals surface area contributed by atoms with Crippen molar-refractivity contribution in [2.45, 2.75) is 0 Å². The van der Waals surface area contributed by atoms with Gasteiger partial charge in [-0.2, -0.15) is 5.26 Å². The highest BCUT2D eigenvalue weighted by molar-refractivity contribution is 6.32. The van der Waals surface area contributed by atoms with Crippen LogP contribution in [-0.2, 0) is 0 Å². The van der Waals surface area contributed by atoms with Gasteiger partial charge in [0.25, 0.3) is 0 Å². The molecule has 0 aliphatic heterocycles. The summed E-state index contributed by atoms with van der Waals surface area (Å²) in [6, 6.07) is 13.4. The van der Waals surface area contributed by atoms with Gasteiger partial charge in [0.15, 0.2) is 6.61 Å². The maximum Gasteiger partial charge on any atom is 0.235 e. The molecule has 5 nitrogen and oxygen atoms in total. The molecule has 0 saturated carbocycles. The van der Waals surface area contributed by atoms with Crippen LogP contribution in [0.5, 0.6) is 17.2 Å². The third-order valence-electron chi connectivity index (χ3n) is 3.07. The number of nitrogens with zero attached hydrogens (tertiary/aromatic N) is 1. The first-order valence-electron chi connectivity index (χ1n) is 6.67. The molecular formula is C17H10ClNO4. The van der Waals surface area contributed by atoms with Gasteiger partial charge in [0.1, 0.15) is 29.4 Å². The number of hydrogen-bond acceptors (Lipinski definition) is 5. The summed E-state index contributed by atoms with van der Waals surface area (Å²) in [5.41, 5.74) is 0.0231. The molecule has 0 saturated heterocycles. The first-order valence-corrected chi connectivity index (χ1v) is 7.04. The highest BCUT2D eigenvalue weighted by Crippen LogP contribution is 2.28. The van der Waals surface area contributed by atoms with Crippen LogP contribution >= 0.6 is 11.6 Å². The minimum atomic E-state index is -0.321. The average molecular weight is 328 g/mol. The lowest BCUT2D eigenvalue weighted by Crippen LogP contribution is -2.05. The molecule has 0 aliphatic rings. The molecule has 0 spiro atoms. The fraction of sp³-hybridized carbons (Fsp3) is 0.0588. The van der Waals surface area contributed by atoms with Crippen LogP contribution in [0.4, 0.5) is 0 Å². The first kappa shape index (κ1) is 14.9. The zero-order valence-electron chi connectivity index (χ0n) is 11.8. The van der Waals surface area contributed by atoms with E-state index in [4.69, 9.17) is 30.8 Å². The second-order valence-corrected chi connectivity index (χ2v) is 4.97. The molecule has 0 amide bonds. The standard InChI is InChI=1S/C17H10ClNO4/c18-13-3-1-2-4-14(13)23-16-10-22-15-9-11(21-8-7-19)5-6-12(15)17(16)20/h1-6,9-10H,8H2. The number of para-hydroxylation sites is 1. The summed E-state index contributed by atoms with van der Waals surface area (Å²) in [6.45, 7) is -0.0799.